The molecule has 0 aromatic carbocycles. The van der Waals surface area contributed by atoms with E-state index in [1.807, 2.05) is 39.8 Å². The molecule has 0 N–H and O–H groups in total. The predicted molar refractivity (Wildman–Crippen MR) is 142 cm³/mol. The van der Waals surface area contributed by atoms with Crippen LogP contribution in [-0.2, 0) is 28.7 Å². The van der Waals surface area contributed by atoms with Gasteiger partial charge in [0.05, 0.1) is 0 Å². The number of hydrogen-bond donors (Lipinski definition) is 0. The summed E-state index contributed by atoms with van der Waals surface area (Å²) in [5.41, 5.74) is 4.37. The second-order valence-electron chi connectivity index (χ2n) is 9.92. The third-order valence-corrected chi connectivity index (χ3v) is 6.58. The molecule has 36 heavy (non-hydrogen) atoms. The van der Waals surface area contributed by atoms with Crippen molar-refractivity contribution in [3.63, 3.8) is 0 Å². The van der Waals surface area contributed by atoms with E-state index in [4.69, 9.17) is 9.47 Å². The van der Waals surface area contributed by atoms with Gasteiger partial charge in [-0.2, -0.15) is 0 Å². The van der Waals surface area contributed by atoms with E-state index in [1.165, 1.54) is 0 Å². The Morgan fingerprint density at radius 2 is 0.861 bits per heavy atom. The van der Waals surface area contributed by atoms with Crippen molar-refractivity contribution < 1.29 is 28.7 Å². The number of esters is 2. The summed E-state index contributed by atoms with van der Waals surface area (Å²) < 4.78 is 10.6. The molecule has 200 valence electrons. The van der Waals surface area contributed by atoms with Crippen LogP contribution >= 0.6 is 0 Å². The molecule has 1 rings (SSSR count). The molecule has 0 aliphatic carbocycles. The highest BCUT2D eigenvalue weighted by molar-refractivity contribution is 5.99. The summed E-state index contributed by atoms with van der Waals surface area (Å²) in [5, 5.41) is 0. The fourth-order valence-electron chi connectivity index (χ4n) is 3.62. The van der Waals surface area contributed by atoms with Crippen LogP contribution in [0.5, 0.6) is 0 Å². The number of hydrogen-bond acceptors (Lipinski definition) is 6. The molecule has 2 atom stereocenters. The van der Waals surface area contributed by atoms with Gasteiger partial charge < -0.3 is 9.47 Å². The summed E-state index contributed by atoms with van der Waals surface area (Å²) in [6.07, 6.45) is 13.0. The zero-order chi connectivity index (χ0) is 27.1. The molecule has 0 radical (unpaired) electrons. The van der Waals surface area contributed by atoms with Gasteiger partial charge in [0.25, 0.3) is 0 Å². The average Bonchev–Trinajstić information content (AvgIpc) is 2.84. The number of carbonyl (C=O) groups excluding carboxylic acids is 4. The lowest BCUT2D eigenvalue weighted by Gasteiger charge is -2.11. The van der Waals surface area contributed by atoms with Gasteiger partial charge in [-0.05, 0) is 92.2 Å². The lowest BCUT2D eigenvalue weighted by molar-refractivity contribution is -0.151. The van der Waals surface area contributed by atoms with Crippen molar-refractivity contribution in [3.05, 3.63) is 46.6 Å². The van der Waals surface area contributed by atoms with Gasteiger partial charge in [-0.25, -0.2) is 0 Å². The monoisotopic (exact) mass is 500 g/mol. The maximum atomic E-state index is 12.4. The Kier molecular flexibility index (Phi) is 14.6. The molecule has 0 saturated heterocycles. The number of ether oxygens (including phenoxy) is 2. The lowest BCUT2D eigenvalue weighted by atomic mass is 9.99. The van der Waals surface area contributed by atoms with Gasteiger partial charge in [0.2, 0.25) is 0 Å². The van der Waals surface area contributed by atoms with Gasteiger partial charge in [0, 0.05) is 12.8 Å². The number of rotatable bonds is 0. The van der Waals surface area contributed by atoms with Crippen LogP contribution in [0.25, 0.3) is 0 Å². The van der Waals surface area contributed by atoms with Crippen LogP contribution in [0.1, 0.15) is 92.9 Å². The maximum Gasteiger partial charge on any atom is 0.316 e. The topological polar surface area (TPSA) is 86.7 Å². The fourth-order valence-corrected chi connectivity index (χ4v) is 3.62. The Morgan fingerprint density at radius 1 is 0.528 bits per heavy atom. The van der Waals surface area contributed by atoms with Crippen molar-refractivity contribution >= 4 is 23.5 Å². The molecule has 1 heterocycles. The molecule has 0 bridgehead atoms. The number of cyclic esters (lactones) is 2. The van der Waals surface area contributed by atoms with Gasteiger partial charge in [0.15, 0.2) is 0 Å². The predicted octanol–water partition coefficient (Wildman–Crippen LogP) is 6.40. The van der Waals surface area contributed by atoms with Crippen molar-refractivity contribution in [1.82, 2.24) is 0 Å². The Bertz CT molecular complexity index is 828. The van der Waals surface area contributed by atoms with E-state index in [0.717, 1.165) is 48.0 Å². The van der Waals surface area contributed by atoms with E-state index in [9.17, 15) is 19.2 Å². The van der Waals surface area contributed by atoms with E-state index in [1.54, 1.807) is 13.8 Å². The summed E-state index contributed by atoms with van der Waals surface area (Å²) in [4.78, 5) is 49.4. The summed E-state index contributed by atoms with van der Waals surface area (Å²) in [5.74, 6) is -2.73. The standard InChI is InChI=1S/C30H44O6/c1-21-9-7-11-23(3)17-19-36-30(34)26(6)28(32)16-14-22(2)10-8-12-24(4)18-20-35-29(33)25(5)27(31)15-13-21/h9-10,17-18,25-26H,7-8,11-16,19-20H2,1-6H3/b21-9?,22-10?,23-17-,24-18-. The van der Waals surface area contributed by atoms with Crippen LogP contribution in [0.3, 0.4) is 0 Å². The van der Waals surface area contributed by atoms with E-state index in [0.29, 0.717) is 25.7 Å². The molecule has 6 nitrogen and oxygen atoms in total. The fraction of sp³-hybridized carbons (Fsp3) is 0.600. The van der Waals surface area contributed by atoms with Gasteiger partial charge >= 0.3 is 11.9 Å². The molecule has 2 unspecified atom stereocenters. The normalized spacial score (nSPS) is 26.9. The van der Waals surface area contributed by atoms with Gasteiger partial charge in [-0.15, -0.1) is 0 Å². The van der Waals surface area contributed by atoms with Crippen molar-refractivity contribution in [2.75, 3.05) is 13.2 Å². The molecule has 0 fully saturated rings. The molecule has 1 aliphatic rings. The average molecular weight is 501 g/mol. The zero-order valence-corrected chi connectivity index (χ0v) is 23.0. The number of Topliss-reactive ketones (excluding diaryl/α,β-unsaturated/α-hetero) is 2. The molecule has 0 amide bonds. The molecular formula is C30H44O6. The molecule has 6 heteroatoms. The molecule has 0 saturated carbocycles. The summed E-state index contributed by atoms with van der Waals surface area (Å²) in [6, 6.07) is 0. The minimum Gasteiger partial charge on any atom is -0.461 e. The second kappa shape index (κ2) is 16.8. The number of ketones is 2. The van der Waals surface area contributed by atoms with Crippen LogP contribution in [0.2, 0.25) is 0 Å². The summed E-state index contributed by atoms with van der Waals surface area (Å²) >= 11 is 0. The number of allylic oxidation sites excluding steroid dienone is 6. The lowest BCUT2D eigenvalue weighted by Crippen LogP contribution is -2.23. The molecule has 0 aromatic heterocycles. The van der Waals surface area contributed by atoms with Crippen molar-refractivity contribution in [2.24, 2.45) is 11.8 Å². The van der Waals surface area contributed by atoms with Crippen LogP contribution in [0.15, 0.2) is 46.6 Å². The highest BCUT2D eigenvalue weighted by Crippen LogP contribution is 2.16. The van der Waals surface area contributed by atoms with Gasteiger partial charge in [-0.1, -0.05) is 34.4 Å². The zero-order valence-electron chi connectivity index (χ0n) is 23.0. The highest BCUT2D eigenvalue weighted by Gasteiger charge is 2.23. The molecule has 0 spiro atoms. The van der Waals surface area contributed by atoms with Crippen molar-refractivity contribution in [2.45, 2.75) is 92.9 Å². The van der Waals surface area contributed by atoms with E-state index in [2.05, 4.69) is 12.2 Å². The van der Waals surface area contributed by atoms with Crippen molar-refractivity contribution in [1.29, 1.82) is 0 Å². The maximum absolute atomic E-state index is 12.4. The van der Waals surface area contributed by atoms with Crippen LogP contribution in [-0.4, -0.2) is 36.7 Å². The first-order valence-corrected chi connectivity index (χ1v) is 13.0. The second-order valence-corrected chi connectivity index (χ2v) is 9.92. The Balaban J connectivity index is 2.85. The van der Waals surface area contributed by atoms with E-state index >= 15 is 0 Å². The highest BCUT2D eigenvalue weighted by atomic mass is 16.5. The Labute approximate surface area is 216 Å². The largest absolute Gasteiger partial charge is 0.461 e. The molecule has 1 aliphatic heterocycles. The van der Waals surface area contributed by atoms with E-state index < -0.39 is 23.8 Å². The first-order valence-electron chi connectivity index (χ1n) is 13.0. The Morgan fingerprint density at radius 3 is 1.22 bits per heavy atom. The minimum absolute atomic E-state index is 0.110. The SMILES string of the molecule is CC1=CCC/C(C)=C\COC(=O)C(C)C(=O)CCC(C)=CCC/C(C)=C\COC(=O)C(C)C(=O)CC1. The van der Waals surface area contributed by atoms with E-state index in [-0.39, 0.29) is 24.8 Å². The van der Waals surface area contributed by atoms with Crippen LogP contribution in [0.4, 0.5) is 0 Å². The first kappa shape index (κ1) is 31.3. The van der Waals surface area contributed by atoms with Gasteiger partial charge in [-0.3, -0.25) is 19.2 Å². The van der Waals surface area contributed by atoms with Crippen LogP contribution in [0, 0.1) is 11.8 Å². The third-order valence-electron chi connectivity index (χ3n) is 6.58. The summed E-state index contributed by atoms with van der Waals surface area (Å²) in [6.45, 7) is 11.4. The third kappa shape index (κ3) is 12.8. The van der Waals surface area contributed by atoms with Gasteiger partial charge in [0.1, 0.15) is 36.6 Å². The van der Waals surface area contributed by atoms with Crippen molar-refractivity contribution in [3.8, 4) is 0 Å². The quantitative estimate of drug-likeness (QED) is 0.217. The summed E-state index contributed by atoms with van der Waals surface area (Å²) in [7, 11) is 0. The first-order chi connectivity index (χ1) is 17.0. The number of carbonyl (C=O) groups is 4. The smallest absolute Gasteiger partial charge is 0.316 e. The Hall–Kier alpha value is -2.76. The minimum atomic E-state index is -0.769. The molecular weight excluding hydrogens is 456 g/mol. The molecule has 0 aromatic rings. The van der Waals surface area contributed by atoms with Crippen LogP contribution < -0.4 is 0 Å².